The van der Waals surface area contributed by atoms with Crippen molar-refractivity contribution in [3.8, 4) is 22.5 Å². The van der Waals surface area contributed by atoms with Gasteiger partial charge in [-0.1, -0.05) is 84.0 Å². The molecule has 6 heteroatoms. The Kier molecular flexibility index (Phi) is 7.37. The Bertz CT molecular complexity index is 1320. The zero-order valence-corrected chi connectivity index (χ0v) is 21.0. The summed E-state index contributed by atoms with van der Waals surface area (Å²) in [5.74, 6) is 2.32. The van der Waals surface area contributed by atoms with Gasteiger partial charge < -0.3 is 14.7 Å². The number of likely N-dealkylation sites (tertiary alicyclic amines) is 1. The first-order chi connectivity index (χ1) is 18.0. The van der Waals surface area contributed by atoms with Crippen LogP contribution in [0.4, 0.5) is 4.79 Å². The van der Waals surface area contributed by atoms with Crippen LogP contribution in [0.1, 0.15) is 53.5 Å². The molecule has 1 unspecified atom stereocenters. The lowest BCUT2D eigenvalue weighted by atomic mass is 9.98. The highest BCUT2D eigenvalue weighted by atomic mass is 16.6. The van der Waals surface area contributed by atoms with Crippen LogP contribution in [-0.2, 0) is 6.54 Å². The van der Waals surface area contributed by atoms with Gasteiger partial charge in [-0.2, -0.15) is 0 Å². The Hall–Kier alpha value is -3.90. The van der Waals surface area contributed by atoms with Gasteiger partial charge in [-0.15, -0.1) is 0 Å². The Balaban J connectivity index is 0.000000655. The Morgan fingerprint density at radius 2 is 1.41 bits per heavy atom. The molecule has 1 aliphatic heterocycles. The lowest BCUT2D eigenvalue weighted by Gasteiger charge is -2.16. The molecular weight excluding hydrogens is 464 g/mol. The maximum atomic E-state index is 8.56. The number of carbonyl (C=O) groups is 1. The second-order valence-electron chi connectivity index (χ2n) is 9.96. The molecule has 0 radical (unpaired) electrons. The topological polar surface area (TPSA) is 86.8 Å². The van der Waals surface area contributed by atoms with Gasteiger partial charge in [-0.3, -0.25) is 4.90 Å². The highest BCUT2D eigenvalue weighted by molar-refractivity contribution is 5.70. The van der Waals surface area contributed by atoms with Crippen molar-refractivity contribution in [2.24, 2.45) is 0 Å². The molecule has 1 aromatic heterocycles. The minimum absolute atomic E-state index is 0.611. The van der Waals surface area contributed by atoms with Crippen LogP contribution in [0.3, 0.4) is 0 Å². The molecule has 0 amide bonds. The van der Waals surface area contributed by atoms with Crippen molar-refractivity contribution >= 4 is 6.16 Å². The van der Waals surface area contributed by atoms with E-state index in [0.29, 0.717) is 5.92 Å². The number of aromatic nitrogens is 1. The first kappa shape index (κ1) is 24.8. The van der Waals surface area contributed by atoms with E-state index in [1.54, 1.807) is 0 Å². The number of nitrogens with zero attached hydrogens (tertiary/aromatic N) is 2. The van der Waals surface area contributed by atoms with Crippen molar-refractivity contribution in [3.05, 3.63) is 101 Å². The smallest absolute Gasteiger partial charge is 0.450 e. The van der Waals surface area contributed by atoms with Crippen molar-refractivity contribution < 1.29 is 19.5 Å². The predicted molar refractivity (Wildman–Crippen MR) is 144 cm³/mol. The van der Waals surface area contributed by atoms with E-state index < -0.39 is 6.16 Å². The minimum atomic E-state index is -1.83. The van der Waals surface area contributed by atoms with Crippen molar-refractivity contribution in [2.75, 3.05) is 13.1 Å². The summed E-state index contributed by atoms with van der Waals surface area (Å²) in [7, 11) is 0. The molecule has 1 atom stereocenters. The average molecular weight is 497 g/mol. The summed E-state index contributed by atoms with van der Waals surface area (Å²) < 4.78 is 5.82. The largest absolute Gasteiger partial charge is 0.503 e. The molecule has 2 N–H and O–H groups in total. The molecule has 0 bridgehead atoms. The van der Waals surface area contributed by atoms with Crippen LogP contribution in [0.15, 0.2) is 83.4 Å². The van der Waals surface area contributed by atoms with E-state index in [4.69, 9.17) is 19.5 Å². The van der Waals surface area contributed by atoms with Crippen LogP contribution in [0.5, 0.6) is 0 Å². The third kappa shape index (κ3) is 6.09. The van der Waals surface area contributed by atoms with Crippen molar-refractivity contribution in [1.29, 1.82) is 0 Å². The van der Waals surface area contributed by atoms with Gasteiger partial charge in [0.15, 0.2) is 5.76 Å². The molecule has 3 aromatic carbocycles. The molecule has 2 heterocycles. The minimum Gasteiger partial charge on any atom is -0.450 e. The first-order valence-electron chi connectivity index (χ1n) is 12.8. The van der Waals surface area contributed by atoms with E-state index in [0.717, 1.165) is 42.6 Å². The summed E-state index contributed by atoms with van der Waals surface area (Å²) in [5, 5.41) is 18.3. The molecule has 4 aromatic rings. The number of aryl methyl sites for hydroxylation is 1. The SMILES string of the molecule is Cc1noc(-c2ccc(-c3ccc(C4CC4)cc3)cc2)c1CN1CCC(c2ccccc2)C1.O=C(O)O. The summed E-state index contributed by atoms with van der Waals surface area (Å²) in [6, 6.07) is 28.7. The van der Waals surface area contributed by atoms with Crippen LogP contribution >= 0.6 is 0 Å². The van der Waals surface area contributed by atoms with Crippen LogP contribution in [-0.4, -0.2) is 39.5 Å². The van der Waals surface area contributed by atoms with Gasteiger partial charge in [0.05, 0.1) is 5.69 Å². The van der Waals surface area contributed by atoms with E-state index >= 15 is 0 Å². The standard InChI is InChI=1S/C30H30N2O.CH2O3/c1-21-29(20-32-18-17-28(19-32)22-5-3-2-4-6-22)30(33-31-21)27-15-13-26(14-16-27)25-11-9-24(10-12-25)23-7-8-23;2-1(3)4/h2-6,9-16,23,28H,7-8,17-20H2,1H3;(H2,2,3,4). The predicted octanol–water partition coefficient (Wildman–Crippen LogP) is 7.41. The zero-order chi connectivity index (χ0) is 25.8. The van der Waals surface area contributed by atoms with Gasteiger partial charge in [0.25, 0.3) is 0 Å². The van der Waals surface area contributed by atoms with E-state index in [-0.39, 0.29) is 0 Å². The van der Waals surface area contributed by atoms with Crippen molar-refractivity contribution in [2.45, 2.75) is 44.6 Å². The molecule has 190 valence electrons. The molecule has 37 heavy (non-hydrogen) atoms. The second-order valence-corrected chi connectivity index (χ2v) is 9.96. The number of rotatable bonds is 6. The second kappa shape index (κ2) is 11.0. The van der Waals surface area contributed by atoms with E-state index in [1.165, 1.54) is 47.1 Å². The maximum Gasteiger partial charge on any atom is 0.503 e. The highest BCUT2D eigenvalue weighted by Gasteiger charge is 2.26. The summed E-state index contributed by atoms with van der Waals surface area (Å²) >= 11 is 0. The Morgan fingerprint density at radius 1 is 0.838 bits per heavy atom. The fourth-order valence-electron chi connectivity index (χ4n) is 5.18. The Labute approximate surface area is 217 Å². The lowest BCUT2D eigenvalue weighted by Crippen LogP contribution is -2.20. The fraction of sp³-hybridized carbons (Fsp3) is 0.290. The Morgan fingerprint density at radius 3 is 2.03 bits per heavy atom. The van der Waals surface area contributed by atoms with E-state index in [9.17, 15) is 0 Å². The number of hydrogen-bond acceptors (Lipinski definition) is 4. The summed E-state index contributed by atoms with van der Waals surface area (Å²) in [6.45, 7) is 5.14. The van der Waals surface area contributed by atoms with Crippen LogP contribution < -0.4 is 0 Å². The highest BCUT2D eigenvalue weighted by Crippen LogP contribution is 2.40. The summed E-state index contributed by atoms with van der Waals surface area (Å²) in [4.78, 5) is 11.1. The van der Waals surface area contributed by atoms with E-state index in [2.05, 4.69) is 95.8 Å². The number of benzene rings is 3. The molecule has 6 nitrogen and oxygen atoms in total. The summed E-state index contributed by atoms with van der Waals surface area (Å²) in [6.07, 6.45) is 2.06. The maximum absolute atomic E-state index is 8.56. The van der Waals surface area contributed by atoms with Crippen LogP contribution in [0, 0.1) is 6.92 Å². The van der Waals surface area contributed by atoms with Gasteiger partial charge in [0.1, 0.15) is 0 Å². The van der Waals surface area contributed by atoms with Crippen molar-refractivity contribution in [1.82, 2.24) is 10.1 Å². The average Bonchev–Trinajstić information content (AvgIpc) is 3.56. The van der Waals surface area contributed by atoms with Gasteiger partial charge in [-0.25, -0.2) is 4.79 Å². The molecule has 2 aliphatic rings. The molecule has 1 saturated heterocycles. The molecule has 6 rings (SSSR count). The third-order valence-corrected chi connectivity index (χ3v) is 7.35. The van der Waals surface area contributed by atoms with Gasteiger partial charge in [-0.05, 0) is 66.8 Å². The van der Waals surface area contributed by atoms with Gasteiger partial charge in [0, 0.05) is 24.2 Å². The van der Waals surface area contributed by atoms with Crippen LogP contribution in [0.25, 0.3) is 22.5 Å². The summed E-state index contributed by atoms with van der Waals surface area (Å²) in [5.41, 5.74) is 8.74. The van der Waals surface area contributed by atoms with E-state index in [1.807, 2.05) is 0 Å². The molecule has 2 fully saturated rings. The quantitative estimate of drug-likeness (QED) is 0.289. The molecule has 1 saturated carbocycles. The molecular formula is C31H32N2O4. The van der Waals surface area contributed by atoms with Gasteiger partial charge in [0.2, 0.25) is 0 Å². The monoisotopic (exact) mass is 496 g/mol. The third-order valence-electron chi connectivity index (χ3n) is 7.35. The fourth-order valence-corrected chi connectivity index (χ4v) is 5.18. The van der Waals surface area contributed by atoms with Gasteiger partial charge >= 0.3 is 6.16 Å². The zero-order valence-electron chi connectivity index (χ0n) is 21.0. The number of hydrogen-bond donors (Lipinski definition) is 2. The van der Waals surface area contributed by atoms with Crippen molar-refractivity contribution in [3.63, 3.8) is 0 Å². The van der Waals surface area contributed by atoms with Crippen LogP contribution in [0.2, 0.25) is 0 Å². The lowest BCUT2D eigenvalue weighted by molar-refractivity contribution is 0.137. The first-order valence-corrected chi connectivity index (χ1v) is 12.8. The molecule has 1 aliphatic carbocycles. The normalized spacial score (nSPS) is 17.3. The number of carboxylic acid groups (broad SMARTS) is 2. The molecule has 0 spiro atoms.